The molecule has 210 valence electrons. The maximum atomic E-state index is 13.3. The molecule has 39 heavy (non-hydrogen) atoms. The van der Waals surface area contributed by atoms with Gasteiger partial charge in [0.1, 0.15) is 35.1 Å². The van der Waals surface area contributed by atoms with E-state index in [0.29, 0.717) is 29.2 Å². The largest absolute Gasteiger partial charge is 0.496 e. The maximum Gasteiger partial charge on any atom is 0.387 e. The average molecular weight is 551 g/mol. The number of halogens is 4. The number of carbonyl (C=O) groups excluding carboxylic acids is 1. The molecule has 3 aromatic rings. The van der Waals surface area contributed by atoms with Crippen LogP contribution in [0.2, 0.25) is 0 Å². The molecule has 1 aliphatic heterocycles. The molecule has 0 bridgehead atoms. The van der Waals surface area contributed by atoms with Gasteiger partial charge in [0.15, 0.2) is 0 Å². The predicted octanol–water partition coefficient (Wildman–Crippen LogP) is 5.00. The van der Waals surface area contributed by atoms with Gasteiger partial charge in [-0.05, 0) is 50.4 Å². The molecule has 1 aromatic carbocycles. The summed E-state index contributed by atoms with van der Waals surface area (Å²) in [6.45, 7) is -2.49. The molecule has 5 rings (SSSR count). The van der Waals surface area contributed by atoms with Crippen molar-refractivity contribution in [1.82, 2.24) is 19.6 Å². The molecule has 1 N–H and O–H groups in total. The van der Waals surface area contributed by atoms with Crippen LogP contribution < -0.4 is 19.5 Å². The highest BCUT2D eigenvalue weighted by atomic mass is 19.3. The Bertz CT molecular complexity index is 1310. The van der Waals surface area contributed by atoms with E-state index in [-0.39, 0.29) is 42.3 Å². The number of carbonyl (C=O) groups is 1. The number of nitrogens with one attached hydrogen (secondary N) is 1. The number of rotatable bonds is 11. The van der Waals surface area contributed by atoms with E-state index in [9.17, 15) is 22.4 Å². The van der Waals surface area contributed by atoms with Gasteiger partial charge in [-0.3, -0.25) is 14.1 Å². The molecule has 12 heteroatoms. The molecule has 2 fully saturated rings. The highest BCUT2D eigenvalue weighted by Crippen LogP contribution is 2.37. The predicted molar refractivity (Wildman–Crippen MR) is 135 cm³/mol. The second-order valence-electron chi connectivity index (χ2n) is 9.76. The number of fused-ring (bicyclic) bond motifs is 1. The zero-order valence-corrected chi connectivity index (χ0v) is 21.4. The van der Waals surface area contributed by atoms with Crippen molar-refractivity contribution in [3.63, 3.8) is 0 Å². The van der Waals surface area contributed by atoms with E-state index in [2.05, 4.69) is 10.3 Å². The van der Waals surface area contributed by atoms with Crippen molar-refractivity contribution in [2.75, 3.05) is 26.8 Å². The fourth-order valence-corrected chi connectivity index (χ4v) is 4.92. The van der Waals surface area contributed by atoms with Crippen molar-refractivity contribution in [1.29, 1.82) is 0 Å². The molecule has 1 amide bonds. The number of nitrogens with zero attached hydrogens (tertiary/aromatic N) is 3. The van der Waals surface area contributed by atoms with Gasteiger partial charge in [0, 0.05) is 29.9 Å². The minimum Gasteiger partial charge on any atom is -0.496 e. The standard InChI is InChI=1S/C27H30F4N4O4/c1-37-21-10-16(11-22(39-27(30)31)25(21)26(36)33-17-5-6-17)20-13-32-24-12-19(7-9-35(20)24)38-15-18-4-2-3-8-34(18)14-23(28)29/h7,9-13,17-18,23,27H,2-6,8,14-15H2,1H3,(H,33,36). The lowest BCUT2D eigenvalue weighted by atomic mass is 10.0. The lowest BCUT2D eigenvalue weighted by molar-refractivity contribution is -0.0502. The van der Waals surface area contributed by atoms with Crippen LogP contribution in [0.25, 0.3) is 16.9 Å². The summed E-state index contributed by atoms with van der Waals surface area (Å²) in [5.74, 6) is -0.208. The number of amides is 1. The number of aromatic nitrogens is 2. The average Bonchev–Trinajstić information content (AvgIpc) is 3.61. The third-order valence-electron chi connectivity index (χ3n) is 6.99. The zero-order chi connectivity index (χ0) is 27.5. The Hall–Kier alpha value is -3.54. The first-order valence-electron chi connectivity index (χ1n) is 12.9. The van der Waals surface area contributed by atoms with Gasteiger partial charge in [-0.2, -0.15) is 8.78 Å². The Kier molecular flexibility index (Phi) is 8.10. The second kappa shape index (κ2) is 11.7. The molecule has 2 aromatic heterocycles. The van der Waals surface area contributed by atoms with Gasteiger partial charge in [-0.25, -0.2) is 13.8 Å². The number of alkyl halides is 4. The number of piperidine rings is 1. The Morgan fingerprint density at radius 3 is 2.64 bits per heavy atom. The third kappa shape index (κ3) is 6.38. The molecule has 0 radical (unpaired) electrons. The fraction of sp³-hybridized carbons (Fsp3) is 0.481. The van der Waals surface area contributed by atoms with E-state index in [0.717, 1.165) is 32.1 Å². The van der Waals surface area contributed by atoms with Crippen LogP contribution in [0.1, 0.15) is 42.5 Å². The second-order valence-corrected chi connectivity index (χ2v) is 9.76. The lowest BCUT2D eigenvalue weighted by Gasteiger charge is -2.35. The van der Waals surface area contributed by atoms with Gasteiger partial charge >= 0.3 is 6.61 Å². The molecular formula is C27H30F4N4O4. The molecule has 2 aliphatic rings. The van der Waals surface area contributed by atoms with Crippen molar-refractivity contribution in [2.24, 2.45) is 0 Å². The first-order valence-corrected chi connectivity index (χ1v) is 12.9. The molecule has 1 saturated heterocycles. The molecule has 3 heterocycles. The normalized spacial score (nSPS) is 18.1. The summed E-state index contributed by atoms with van der Waals surface area (Å²) in [5, 5.41) is 2.78. The number of hydrogen-bond donors (Lipinski definition) is 1. The third-order valence-corrected chi connectivity index (χ3v) is 6.99. The number of methoxy groups -OCH3 is 1. The van der Waals surface area contributed by atoms with Crippen LogP contribution in [0.5, 0.6) is 17.2 Å². The molecule has 1 atom stereocenters. The van der Waals surface area contributed by atoms with Crippen LogP contribution in [0, 0.1) is 0 Å². The smallest absolute Gasteiger partial charge is 0.387 e. The van der Waals surface area contributed by atoms with Gasteiger partial charge < -0.3 is 19.5 Å². The van der Waals surface area contributed by atoms with Crippen LogP contribution >= 0.6 is 0 Å². The van der Waals surface area contributed by atoms with E-state index in [1.54, 1.807) is 39.9 Å². The van der Waals surface area contributed by atoms with Crippen molar-refractivity contribution >= 4 is 11.6 Å². The minimum absolute atomic E-state index is 0.0157. The summed E-state index contributed by atoms with van der Waals surface area (Å²) < 4.78 is 70.3. The van der Waals surface area contributed by atoms with Crippen molar-refractivity contribution in [3.8, 4) is 28.5 Å². The van der Waals surface area contributed by atoms with Gasteiger partial charge in [0.2, 0.25) is 0 Å². The van der Waals surface area contributed by atoms with E-state index in [1.807, 2.05) is 0 Å². The summed E-state index contributed by atoms with van der Waals surface area (Å²) in [4.78, 5) is 19.0. The molecule has 1 saturated carbocycles. The number of imidazole rings is 1. The number of pyridine rings is 1. The summed E-state index contributed by atoms with van der Waals surface area (Å²) in [6.07, 6.45) is 5.22. The molecule has 1 aliphatic carbocycles. The topological polar surface area (TPSA) is 77.3 Å². The summed E-state index contributed by atoms with van der Waals surface area (Å²) in [7, 11) is 1.35. The summed E-state index contributed by atoms with van der Waals surface area (Å²) in [5.41, 5.74) is 1.44. The first-order chi connectivity index (χ1) is 18.8. The zero-order valence-electron chi connectivity index (χ0n) is 21.4. The van der Waals surface area contributed by atoms with E-state index < -0.39 is 18.9 Å². The highest BCUT2D eigenvalue weighted by Gasteiger charge is 2.29. The van der Waals surface area contributed by atoms with Crippen LogP contribution in [0.3, 0.4) is 0 Å². The summed E-state index contributed by atoms with van der Waals surface area (Å²) >= 11 is 0. The molecular weight excluding hydrogens is 520 g/mol. The van der Waals surface area contributed by atoms with Gasteiger partial charge in [0.25, 0.3) is 12.3 Å². The van der Waals surface area contributed by atoms with Crippen LogP contribution in [0.4, 0.5) is 17.6 Å². The number of hydrogen-bond acceptors (Lipinski definition) is 6. The Labute approximate surface area is 222 Å². The fourth-order valence-electron chi connectivity index (χ4n) is 4.92. The van der Waals surface area contributed by atoms with Gasteiger partial charge in [0.05, 0.1) is 25.5 Å². The Balaban J connectivity index is 1.39. The number of benzene rings is 1. The van der Waals surface area contributed by atoms with E-state index in [1.165, 1.54) is 13.2 Å². The Morgan fingerprint density at radius 2 is 1.92 bits per heavy atom. The van der Waals surface area contributed by atoms with Gasteiger partial charge in [-0.15, -0.1) is 0 Å². The molecule has 0 spiro atoms. The lowest BCUT2D eigenvalue weighted by Crippen LogP contribution is -2.45. The van der Waals surface area contributed by atoms with Crippen molar-refractivity contribution in [2.45, 2.75) is 57.2 Å². The first kappa shape index (κ1) is 27.0. The highest BCUT2D eigenvalue weighted by molar-refractivity contribution is 6.01. The monoisotopic (exact) mass is 550 g/mol. The van der Waals surface area contributed by atoms with E-state index in [4.69, 9.17) is 14.2 Å². The van der Waals surface area contributed by atoms with Gasteiger partial charge in [-0.1, -0.05) is 6.42 Å². The number of ether oxygens (including phenoxy) is 3. The minimum atomic E-state index is -3.14. The van der Waals surface area contributed by atoms with Crippen LogP contribution in [-0.4, -0.2) is 72.1 Å². The van der Waals surface area contributed by atoms with Crippen LogP contribution in [0.15, 0.2) is 36.7 Å². The van der Waals surface area contributed by atoms with Crippen molar-refractivity contribution < 1.29 is 36.6 Å². The molecule has 1 unspecified atom stereocenters. The molecule has 8 nitrogen and oxygen atoms in total. The van der Waals surface area contributed by atoms with E-state index >= 15 is 0 Å². The SMILES string of the molecule is COc1cc(-c2cnc3cc(OCC4CCCCN4CC(F)F)ccn23)cc(OC(F)F)c1C(=O)NC1CC1. The quantitative estimate of drug-likeness (QED) is 0.339. The summed E-state index contributed by atoms with van der Waals surface area (Å²) in [6, 6.07) is 6.32. The van der Waals surface area contributed by atoms with Crippen LogP contribution in [-0.2, 0) is 0 Å². The number of likely N-dealkylation sites (tertiary alicyclic amines) is 1. The maximum absolute atomic E-state index is 13.3. The Morgan fingerprint density at radius 1 is 1.13 bits per heavy atom. The van der Waals surface area contributed by atoms with Crippen molar-refractivity contribution in [3.05, 3.63) is 42.2 Å².